The Morgan fingerprint density at radius 1 is 1.12 bits per heavy atom. The van der Waals surface area contributed by atoms with Crippen LogP contribution in [0.2, 0.25) is 10.0 Å². The van der Waals surface area contributed by atoms with Crippen LogP contribution in [0.25, 0.3) is 0 Å². The van der Waals surface area contributed by atoms with E-state index in [4.69, 9.17) is 27.9 Å². The molecule has 3 rings (SSSR count). The second-order valence-electron chi connectivity index (χ2n) is 7.20. The first-order valence-electron chi connectivity index (χ1n) is 9.98. The number of halogens is 2. The van der Waals surface area contributed by atoms with Crippen LogP contribution in [0, 0.1) is 0 Å². The van der Waals surface area contributed by atoms with Crippen molar-refractivity contribution in [3.8, 4) is 0 Å². The Balaban J connectivity index is 1.66. The van der Waals surface area contributed by atoms with Gasteiger partial charge in [0.1, 0.15) is 23.1 Å². The molecule has 0 aliphatic carbocycles. The molecule has 1 amide bonds. The molecule has 0 saturated carbocycles. The highest BCUT2D eigenvalue weighted by atomic mass is 35.5. The lowest BCUT2D eigenvalue weighted by Crippen LogP contribution is -2.42. The molecule has 178 valence electrons. The molecule has 2 aromatic carbocycles. The molecule has 10 nitrogen and oxygen atoms in total. The van der Waals surface area contributed by atoms with E-state index in [0.29, 0.717) is 22.9 Å². The fourth-order valence-corrected chi connectivity index (χ4v) is 3.55. The molecule has 0 radical (unpaired) electrons. The number of amides is 1. The molecule has 0 aliphatic heterocycles. The number of rotatable bonds is 11. The van der Waals surface area contributed by atoms with Crippen LogP contribution in [0.3, 0.4) is 0 Å². The number of nitrogens with zero attached hydrogens (tertiary/aromatic N) is 1. The molecule has 0 aliphatic rings. The number of hydrogen-bond acceptors (Lipinski definition) is 8. The first-order chi connectivity index (χ1) is 16.2. The zero-order valence-electron chi connectivity index (χ0n) is 17.9. The average Bonchev–Trinajstić information content (AvgIpc) is 2.80. The Morgan fingerprint density at radius 3 is 2.41 bits per heavy atom. The van der Waals surface area contributed by atoms with Crippen LogP contribution < -0.4 is 26.8 Å². The Bertz CT molecular complexity index is 1270. The standard InChI is InChI=1S/C22H20Cl2N4O6/c1-34-7-6-25-17-18(20(30)19(17)29)28-15(22(32)33)8-11-2-4-13(5-3-11)27-21(31)16-14(24)9-12(23)10-26-16/h2-5,9-10,15,25,28H,6-8H2,1H3,(H,27,31)(H,32,33)/t15-/m0/s1. The predicted octanol–water partition coefficient (Wildman–Crippen LogP) is 2.40. The molecule has 12 heteroatoms. The van der Waals surface area contributed by atoms with Gasteiger partial charge < -0.3 is 25.8 Å². The average molecular weight is 507 g/mol. The van der Waals surface area contributed by atoms with E-state index in [0.717, 1.165) is 0 Å². The monoisotopic (exact) mass is 506 g/mol. The predicted molar refractivity (Wildman–Crippen MR) is 129 cm³/mol. The third-order valence-corrected chi connectivity index (χ3v) is 5.30. The summed E-state index contributed by atoms with van der Waals surface area (Å²) < 4.78 is 4.89. The number of nitrogens with one attached hydrogen (secondary N) is 3. The van der Waals surface area contributed by atoms with Crippen LogP contribution in [0.15, 0.2) is 46.1 Å². The molecule has 3 aromatic rings. The maximum absolute atomic E-state index is 12.4. The van der Waals surface area contributed by atoms with Crippen molar-refractivity contribution in [1.82, 2.24) is 4.98 Å². The Hall–Kier alpha value is -3.47. The van der Waals surface area contributed by atoms with Gasteiger partial charge in [-0.25, -0.2) is 9.78 Å². The van der Waals surface area contributed by atoms with E-state index < -0.39 is 28.8 Å². The van der Waals surface area contributed by atoms with Gasteiger partial charge in [-0.1, -0.05) is 35.3 Å². The SMILES string of the molecule is COCCNc1c(N[C@@H](Cc2ccc(NC(=O)c3ncc(Cl)cc3Cl)cc2)C(=O)O)c(=O)c1=O. The second-order valence-corrected chi connectivity index (χ2v) is 8.05. The van der Waals surface area contributed by atoms with E-state index in [9.17, 15) is 24.3 Å². The van der Waals surface area contributed by atoms with Gasteiger partial charge in [-0.15, -0.1) is 0 Å². The van der Waals surface area contributed by atoms with Gasteiger partial charge in [0, 0.05) is 32.0 Å². The number of carboxylic acids is 1. The van der Waals surface area contributed by atoms with E-state index in [1.54, 1.807) is 24.3 Å². The molecule has 0 unspecified atom stereocenters. The van der Waals surface area contributed by atoms with E-state index in [1.807, 2.05) is 0 Å². The minimum atomic E-state index is -1.20. The highest BCUT2D eigenvalue weighted by molar-refractivity contribution is 6.36. The minimum Gasteiger partial charge on any atom is -0.480 e. The molecule has 0 bridgehead atoms. The van der Waals surface area contributed by atoms with Gasteiger partial charge in [0.2, 0.25) is 0 Å². The summed E-state index contributed by atoms with van der Waals surface area (Å²) >= 11 is 11.8. The van der Waals surface area contributed by atoms with Gasteiger partial charge >= 0.3 is 5.97 Å². The molecule has 1 atom stereocenters. The van der Waals surface area contributed by atoms with Gasteiger partial charge in [0.25, 0.3) is 16.8 Å². The number of anilines is 3. The summed E-state index contributed by atoms with van der Waals surface area (Å²) in [7, 11) is 1.49. The molecule has 0 saturated heterocycles. The highest BCUT2D eigenvalue weighted by Gasteiger charge is 2.26. The van der Waals surface area contributed by atoms with Crippen molar-refractivity contribution in [2.45, 2.75) is 12.5 Å². The van der Waals surface area contributed by atoms with Crippen LogP contribution in [0.1, 0.15) is 16.1 Å². The Kier molecular flexibility index (Phi) is 8.21. The van der Waals surface area contributed by atoms with Crippen LogP contribution in [-0.2, 0) is 16.0 Å². The van der Waals surface area contributed by atoms with Crippen molar-refractivity contribution in [2.24, 2.45) is 0 Å². The lowest BCUT2D eigenvalue weighted by atomic mass is 10.0. The second kappa shape index (κ2) is 11.1. The number of aromatic nitrogens is 1. The largest absolute Gasteiger partial charge is 0.480 e. The summed E-state index contributed by atoms with van der Waals surface area (Å²) in [5, 5.41) is 18.1. The lowest BCUT2D eigenvalue weighted by molar-refractivity contribution is -0.137. The smallest absolute Gasteiger partial charge is 0.326 e. The van der Waals surface area contributed by atoms with Crippen molar-refractivity contribution in [3.05, 3.63) is 78.3 Å². The highest BCUT2D eigenvalue weighted by Crippen LogP contribution is 2.21. The van der Waals surface area contributed by atoms with Gasteiger partial charge in [-0.3, -0.25) is 14.4 Å². The number of hydrogen-bond donors (Lipinski definition) is 4. The third-order valence-electron chi connectivity index (χ3n) is 4.81. The number of carbonyl (C=O) groups excluding carboxylic acids is 1. The first kappa shape index (κ1) is 25.2. The number of methoxy groups -OCH3 is 1. The molecule has 1 aromatic heterocycles. The van der Waals surface area contributed by atoms with Crippen molar-refractivity contribution < 1.29 is 19.4 Å². The van der Waals surface area contributed by atoms with E-state index in [1.165, 1.54) is 19.4 Å². The summed E-state index contributed by atoms with van der Waals surface area (Å²) in [6.45, 7) is 0.599. The van der Waals surface area contributed by atoms with Crippen LogP contribution in [0.5, 0.6) is 0 Å². The maximum atomic E-state index is 12.4. The molecular formula is C22H20Cl2N4O6. The minimum absolute atomic E-state index is 0.00758. The van der Waals surface area contributed by atoms with Crippen molar-refractivity contribution in [1.29, 1.82) is 0 Å². The fraction of sp³-hybridized carbons (Fsp3) is 0.227. The van der Waals surface area contributed by atoms with Crippen molar-refractivity contribution in [2.75, 3.05) is 36.2 Å². The maximum Gasteiger partial charge on any atom is 0.326 e. The van der Waals surface area contributed by atoms with E-state index in [-0.39, 0.29) is 35.1 Å². The molecule has 1 heterocycles. The molecule has 0 fully saturated rings. The summed E-state index contributed by atoms with van der Waals surface area (Å²) in [6, 6.07) is 6.68. The molecule has 4 N–H and O–H groups in total. The summed E-state index contributed by atoms with van der Waals surface area (Å²) in [6.07, 6.45) is 1.32. The van der Waals surface area contributed by atoms with Gasteiger partial charge in [-0.2, -0.15) is 0 Å². The zero-order valence-corrected chi connectivity index (χ0v) is 19.4. The zero-order chi connectivity index (χ0) is 24.8. The Morgan fingerprint density at radius 2 is 1.79 bits per heavy atom. The number of aliphatic carboxylic acids is 1. The number of ether oxygens (including phenoxy) is 1. The van der Waals surface area contributed by atoms with Crippen molar-refractivity contribution in [3.63, 3.8) is 0 Å². The normalized spacial score (nSPS) is 11.7. The molecular weight excluding hydrogens is 487 g/mol. The van der Waals surface area contributed by atoms with E-state index in [2.05, 4.69) is 20.9 Å². The van der Waals surface area contributed by atoms with Crippen molar-refractivity contribution >= 4 is 52.1 Å². The van der Waals surface area contributed by atoms with Gasteiger partial charge in [-0.05, 0) is 23.8 Å². The molecule has 0 spiro atoms. The third kappa shape index (κ3) is 5.90. The lowest BCUT2D eigenvalue weighted by Gasteiger charge is -2.20. The van der Waals surface area contributed by atoms with Crippen LogP contribution in [-0.4, -0.2) is 48.3 Å². The van der Waals surface area contributed by atoms with Gasteiger partial charge in [0.15, 0.2) is 0 Å². The van der Waals surface area contributed by atoms with Gasteiger partial charge in [0.05, 0.1) is 16.7 Å². The van der Waals surface area contributed by atoms with Crippen LogP contribution in [0.4, 0.5) is 17.1 Å². The summed E-state index contributed by atoms with van der Waals surface area (Å²) in [4.78, 5) is 51.8. The fourth-order valence-electron chi connectivity index (χ4n) is 3.08. The number of carbonyl (C=O) groups is 2. The number of carboxylic acid groups (broad SMARTS) is 1. The van der Waals surface area contributed by atoms with Crippen LogP contribution >= 0.6 is 23.2 Å². The Labute approximate surface area is 203 Å². The summed E-state index contributed by atoms with van der Waals surface area (Å²) in [5.74, 6) is -1.73. The summed E-state index contributed by atoms with van der Waals surface area (Å²) in [5.41, 5.74) is -0.447. The topological polar surface area (TPSA) is 147 Å². The number of benzene rings is 1. The van der Waals surface area contributed by atoms with E-state index >= 15 is 0 Å². The number of pyridine rings is 1. The first-order valence-corrected chi connectivity index (χ1v) is 10.7. The molecule has 34 heavy (non-hydrogen) atoms. The quantitative estimate of drug-likeness (QED) is 0.227.